The quantitative estimate of drug-likeness (QED) is 0.694. The Hall–Kier alpha value is -0.600. The molecular weight excluding hydrogens is 202 g/mol. The number of fused-ring (bicyclic) bond motifs is 1. The van der Waals surface area contributed by atoms with Gasteiger partial charge in [-0.25, -0.2) is 4.98 Å². The highest BCUT2D eigenvalue weighted by atomic mass is 35.5. The zero-order valence-electron chi connectivity index (χ0n) is 7.33. The number of alkyl halides is 1. The van der Waals surface area contributed by atoms with Gasteiger partial charge < -0.3 is 0 Å². The van der Waals surface area contributed by atoms with Crippen molar-refractivity contribution >= 4 is 33.2 Å². The van der Waals surface area contributed by atoms with Crippen LogP contribution in [0, 0.1) is 0 Å². The number of halogens is 1. The Labute approximate surface area is 86.4 Å². The van der Waals surface area contributed by atoms with Crippen LogP contribution in [0.5, 0.6) is 0 Å². The van der Waals surface area contributed by atoms with Crippen molar-refractivity contribution in [2.75, 3.05) is 0 Å². The van der Waals surface area contributed by atoms with Crippen LogP contribution in [0.1, 0.15) is 11.9 Å². The minimum atomic E-state index is 0.167. The van der Waals surface area contributed by atoms with E-state index in [1.54, 1.807) is 11.3 Å². The van der Waals surface area contributed by atoms with Crippen molar-refractivity contribution in [2.24, 2.45) is 0 Å². The molecule has 13 heavy (non-hydrogen) atoms. The van der Waals surface area contributed by atoms with E-state index in [0.717, 1.165) is 16.9 Å². The van der Waals surface area contributed by atoms with Gasteiger partial charge in [0.05, 0.1) is 15.2 Å². The number of para-hydroxylation sites is 1. The Bertz CT molecular complexity index is 375. The lowest BCUT2D eigenvalue weighted by Gasteiger charge is -1.95. The van der Waals surface area contributed by atoms with Crippen molar-refractivity contribution < 1.29 is 0 Å². The van der Waals surface area contributed by atoms with Crippen LogP contribution in [0.15, 0.2) is 24.3 Å². The zero-order chi connectivity index (χ0) is 9.26. The maximum Gasteiger partial charge on any atom is 0.0953 e. The molecule has 0 amide bonds. The molecule has 1 heterocycles. The first-order valence-electron chi connectivity index (χ1n) is 4.24. The van der Waals surface area contributed by atoms with Gasteiger partial charge in [0.1, 0.15) is 0 Å². The first-order valence-corrected chi connectivity index (χ1v) is 5.49. The van der Waals surface area contributed by atoms with Crippen molar-refractivity contribution in [1.82, 2.24) is 4.98 Å². The lowest BCUT2D eigenvalue weighted by Crippen LogP contribution is -1.95. The molecule has 0 aliphatic carbocycles. The standard InChI is InChI=1S/C10H10ClNS/c1-7(11)6-10-12-8-4-2-3-5-9(8)13-10/h2-5,7H,6H2,1H3. The molecule has 1 aromatic heterocycles. The van der Waals surface area contributed by atoms with Gasteiger partial charge in [-0.2, -0.15) is 0 Å². The van der Waals surface area contributed by atoms with Crippen LogP contribution in [0.2, 0.25) is 0 Å². The van der Waals surface area contributed by atoms with Crippen molar-refractivity contribution in [3.63, 3.8) is 0 Å². The summed E-state index contributed by atoms with van der Waals surface area (Å²) in [5, 5.41) is 1.30. The average Bonchev–Trinajstić information content (AvgIpc) is 2.44. The molecule has 0 bridgehead atoms. The van der Waals surface area contributed by atoms with Crippen LogP contribution in [0.25, 0.3) is 10.2 Å². The van der Waals surface area contributed by atoms with E-state index in [1.807, 2.05) is 25.1 Å². The first-order chi connectivity index (χ1) is 6.25. The van der Waals surface area contributed by atoms with E-state index >= 15 is 0 Å². The largest absolute Gasteiger partial charge is 0.241 e. The summed E-state index contributed by atoms with van der Waals surface area (Å²) >= 11 is 7.64. The van der Waals surface area contributed by atoms with Gasteiger partial charge in [0.25, 0.3) is 0 Å². The molecule has 0 aliphatic rings. The highest BCUT2D eigenvalue weighted by Crippen LogP contribution is 2.23. The number of thiazole rings is 1. The van der Waals surface area contributed by atoms with Gasteiger partial charge >= 0.3 is 0 Å². The molecule has 68 valence electrons. The Morgan fingerprint density at radius 3 is 2.92 bits per heavy atom. The van der Waals surface area contributed by atoms with Crippen LogP contribution < -0.4 is 0 Å². The van der Waals surface area contributed by atoms with E-state index < -0.39 is 0 Å². The fourth-order valence-electron chi connectivity index (χ4n) is 1.25. The van der Waals surface area contributed by atoms with Gasteiger partial charge in [-0.05, 0) is 19.1 Å². The zero-order valence-corrected chi connectivity index (χ0v) is 8.90. The SMILES string of the molecule is CC(Cl)Cc1nc2ccccc2s1. The van der Waals surface area contributed by atoms with E-state index in [-0.39, 0.29) is 5.38 Å². The number of hydrogen-bond donors (Lipinski definition) is 0. The molecule has 1 unspecified atom stereocenters. The summed E-state index contributed by atoms with van der Waals surface area (Å²) in [7, 11) is 0. The maximum absolute atomic E-state index is 5.91. The molecule has 0 fully saturated rings. The normalized spacial score (nSPS) is 13.4. The Balaban J connectivity index is 2.38. The minimum Gasteiger partial charge on any atom is -0.241 e. The number of hydrogen-bond acceptors (Lipinski definition) is 2. The van der Waals surface area contributed by atoms with Crippen LogP contribution in [-0.4, -0.2) is 10.4 Å². The molecule has 1 nitrogen and oxygen atoms in total. The van der Waals surface area contributed by atoms with E-state index in [1.165, 1.54) is 4.70 Å². The Morgan fingerprint density at radius 1 is 1.46 bits per heavy atom. The highest BCUT2D eigenvalue weighted by Gasteiger charge is 2.05. The van der Waals surface area contributed by atoms with Crippen molar-refractivity contribution in [1.29, 1.82) is 0 Å². The van der Waals surface area contributed by atoms with Gasteiger partial charge in [-0.3, -0.25) is 0 Å². The van der Waals surface area contributed by atoms with Crippen LogP contribution in [-0.2, 0) is 6.42 Å². The third kappa shape index (κ3) is 2.01. The summed E-state index contributed by atoms with van der Waals surface area (Å²) in [6.45, 7) is 1.99. The van der Waals surface area contributed by atoms with Gasteiger partial charge in [-0.15, -0.1) is 22.9 Å². The molecule has 1 atom stereocenters. The topological polar surface area (TPSA) is 12.9 Å². The fourth-order valence-corrected chi connectivity index (χ4v) is 2.58. The van der Waals surface area contributed by atoms with Crippen LogP contribution >= 0.6 is 22.9 Å². The van der Waals surface area contributed by atoms with E-state index in [0.29, 0.717) is 0 Å². The first kappa shape index (κ1) is 8.97. The summed E-state index contributed by atoms with van der Waals surface area (Å²) in [5.74, 6) is 0. The summed E-state index contributed by atoms with van der Waals surface area (Å²) in [6, 6.07) is 8.17. The summed E-state index contributed by atoms with van der Waals surface area (Å²) in [6.07, 6.45) is 0.862. The van der Waals surface area contributed by atoms with Gasteiger partial charge in [0.2, 0.25) is 0 Å². The fraction of sp³-hybridized carbons (Fsp3) is 0.300. The third-order valence-electron chi connectivity index (χ3n) is 1.79. The maximum atomic E-state index is 5.91. The van der Waals surface area contributed by atoms with Crippen LogP contribution in [0.3, 0.4) is 0 Å². The molecular formula is C10H10ClNS. The molecule has 3 heteroatoms. The second-order valence-corrected chi connectivity index (χ2v) is 4.92. The lowest BCUT2D eigenvalue weighted by atomic mass is 10.3. The van der Waals surface area contributed by atoms with Gasteiger partial charge in [-0.1, -0.05) is 12.1 Å². The summed E-state index contributed by atoms with van der Waals surface area (Å²) < 4.78 is 1.25. The molecule has 2 aromatic rings. The number of benzene rings is 1. The average molecular weight is 212 g/mol. The molecule has 1 aromatic carbocycles. The number of rotatable bonds is 2. The smallest absolute Gasteiger partial charge is 0.0953 e. The van der Waals surface area contributed by atoms with E-state index in [4.69, 9.17) is 11.6 Å². The molecule has 0 aliphatic heterocycles. The van der Waals surface area contributed by atoms with Crippen molar-refractivity contribution in [2.45, 2.75) is 18.7 Å². The van der Waals surface area contributed by atoms with Crippen molar-refractivity contribution in [3.05, 3.63) is 29.3 Å². The predicted molar refractivity (Wildman–Crippen MR) is 58.6 cm³/mol. The van der Waals surface area contributed by atoms with Crippen LogP contribution in [0.4, 0.5) is 0 Å². The van der Waals surface area contributed by atoms with Gasteiger partial charge in [0.15, 0.2) is 0 Å². The number of nitrogens with zero attached hydrogens (tertiary/aromatic N) is 1. The molecule has 0 N–H and O–H groups in total. The third-order valence-corrected chi connectivity index (χ3v) is 3.01. The molecule has 0 spiro atoms. The number of aromatic nitrogens is 1. The van der Waals surface area contributed by atoms with Crippen molar-refractivity contribution in [3.8, 4) is 0 Å². The van der Waals surface area contributed by atoms with E-state index in [2.05, 4.69) is 11.1 Å². The molecule has 0 saturated carbocycles. The molecule has 0 saturated heterocycles. The van der Waals surface area contributed by atoms with E-state index in [9.17, 15) is 0 Å². The van der Waals surface area contributed by atoms with Gasteiger partial charge in [0, 0.05) is 11.8 Å². The molecule has 0 radical (unpaired) electrons. The molecule has 2 rings (SSSR count). The minimum absolute atomic E-state index is 0.167. The Kier molecular flexibility index (Phi) is 2.51. The lowest BCUT2D eigenvalue weighted by molar-refractivity contribution is 0.922. The predicted octanol–water partition coefficient (Wildman–Crippen LogP) is 3.47. The Morgan fingerprint density at radius 2 is 2.23 bits per heavy atom. The summed E-state index contributed by atoms with van der Waals surface area (Å²) in [5.41, 5.74) is 1.08. The summed E-state index contributed by atoms with van der Waals surface area (Å²) in [4.78, 5) is 4.49. The second-order valence-electron chi connectivity index (χ2n) is 3.06. The second kappa shape index (κ2) is 3.64. The monoisotopic (exact) mass is 211 g/mol. The highest BCUT2D eigenvalue weighted by molar-refractivity contribution is 7.18.